The molecule has 19 heavy (non-hydrogen) atoms. The Balaban J connectivity index is 1.47. The first-order valence-electron chi connectivity index (χ1n) is 8.03. The van der Waals surface area contributed by atoms with Crippen molar-refractivity contribution in [1.82, 2.24) is 0 Å². The fourth-order valence-corrected chi connectivity index (χ4v) is 3.97. The number of benzene rings is 1. The average molecular weight is 260 g/mol. The lowest BCUT2D eigenvalue weighted by Crippen LogP contribution is -3.29. The van der Waals surface area contributed by atoms with Crippen molar-refractivity contribution >= 4 is 0 Å². The van der Waals surface area contributed by atoms with E-state index in [0.29, 0.717) is 0 Å². The molecule has 104 valence electrons. The van der Waals surface area contributed by atoms with Gasteiger partial charge in [0.05, 0.1) is 6.04 Å². The van der Waals surface area contributed by atoms with Gasteiger partial charge in [-0.25, -0.2) is 0 Å². The highest BCUT2D eigenvalue weighted by molar-refractivity contribution is 5.13. The van der Waals surface area contributed by atoms with Crippen LogP contribution in [0, 0.1) is 5.92 Å². The predicted octanol–water partition coefficient (Wildman–Crippen LogP) is 0.159. The summed E-state index contributed by atoms with van der Waals surface area (Å²) in [6.45, 7) is 9.13. The molecule has 0 unspecified atom stereocenters. The summed E-state index contributed by atoms with van der Waals surface area (Å²) in [6.07, 6.45) is 4.42. The van der Waals surface area contributed by atoms with Crippen molar-refractivity contribution in [2.24, 2.45) is 5.92 Å². The van der Waals surface area contributed by atoms with Crippen LogP contribution in [0.3, 0.4) is 0 Å². The smallest absolute Gasteiger partial charge is 0.127 e. The Morgan fingerprint density at radius 2 is 1.74 bits per heavy atom. The van der Waals surface area contributed by atoms with Gasteiger partial charge >= 0.3 is 0 Å². The number of quaternary nitrogens is 2. The fraction of sp³-hybridized carbons (Fsp3) is 0.647. The predicted molar refractivity (Wildman–Crippen MR) is 78.3 cm³/mol. The second kappa shape index (κ2) is 6.06. The van der Waals surface area contributed by atoms with E-state index in [1.807, 2.05) is 4.90 Å². The molecule has 1 aromatic carbocycles. The normalized spacial score (nSPS) is 35.4. The minimum atomic E-state index is 0.979. The summed E-state index contributed by atoms with van der Waals surface area (Å²) in [4.78, 5) is 3.68. The highest BCUT2D eigenvalue weighted by Crippen LogP contribution is 2.22. The second-order valence-electron chi connectivity index (χ2n) is 6.69. The highest BCUT2D eigenvalue weighted by atomic mass is 15.3. The molecule has 2 fully saturated rings. The first kappa shape index (κ1) is 13.1. The second-order valence-corrected chi connectivity index (χ2v) is 6.69. The lowest BCUT2D eigenvalue weighted by Gasteiger charge is -2.33. The molecule has 1 aliphatic carbocycles. The van der Waals surface area contributed by atoms with Gasteiger partial charge in [0.2, 0.25) is 0 Å². The fourth-order valence-electron chi connectivity index (χ4n) is 3.97. The van der Waals surface area contributed by atoms with Crippen LogP contribution in [0.4, 0.5) is 0 Å². The van der Waals surface area contributed by atoms with E-state index in [4.69, 9.17) is 0 Å². The third-order valence-corrected chi connectivity index (χ3v) is 5.17. The van der Waals surface area contributed by atoms with Crippen LogP contribution >= 0.6 is 0 Å². The summed E-state index contributed by atoms with van der Waals surface area (Å²) >= 11 is 0. The largest absolute Gasteiger partial charge is 0.323 e. The van der Waals surface area contributed by atoms with Crippen LogP contribution in [-0.2, 0) is 6.54 Å². The summed E-state index contributed by atoms with van der Waals surface area (Å²) < 4.78 is 0. The molecule has 2 N–H and O–H groups in total. The zero-order valence-electron chi connectivity index (χ0n) is 12.2. The SMILES string of the molecule is C[C@H]1CC[C@H]([NH+]2CC[NH+](Cc3ccccc3)CC2)C1. The molecule has 2 heteroatoms. The van der Waals surface area contributed by atoms with Crippen molar-refractivity contribution in [2.75, 3.05) is 26.2 Å². The van der Waals surface area contributed by atoms with Crippen LogP contribution in [-0.4, -0.2) is 32.2 Å². The molecule has 1 saturated heterocycles. The van der Waals surface area contributed by atoms with Gasteiger partial charge in [-0.3, -0.25) is 0 Å². The number of hydrogen-bond donors (Lipinski definition) is 2. The molecule has 1 heterocycles. The van der Waals surface area contributed by atoms with E-state index in [2.05, 4.69) is 37.3 Å². The first-order chi connectivity index (χ1) is 9.31. The third kappa shape index (κ3) is 3.37. The summed E-state index contributed by atoms with van der Waals surface area (Å²) in [5, 5.41) is 0. The Morgan fingerprint density at radius 1 is 1.00 bits per heavy atom. The summed E-state index contributed by atoms with van der Waals surface area (Å²) in [7, 11) is 0. The third-order valence-electron chi connectivity index (χ3n) is 5.17. The molecular weight excluding hydrogens is 232 g/mol. The Hall–Kier alpha value is -0.860. The zero-order valence-corrected chi connectivity index (χ0v) is 12.2. The maximum Gasteiger partial charge on any atom is 0.127 e. The lowest BCUT2D eigenvalue weighted by molar-refractivity contribution is -1.03. The number of piperazine rings is 1. The van der Waals surface area contributed by atoms with Gasteiger partial charge in [-0.2, -0.15) is 0 Å². The maximum absolute atomic E-state index is 2.43. The molecule has 1 aliphatic heterocycles. The van der Waals surface area contributed by atoms with Crippen molar-refractivity contribution in [3.05, 3.63) is 35.9 Å². The van der Waals surface area contributed by atoms with Crippen molar-refractivity contribution in [2.45, 2.75) is 38.8 Å². The summed E-state index contributed by atoms with van der Waals surface area (Å²) in [6, 6.07) is 12.0. The molecule has 0 spiro atoms. The number of nitrogens with one attached hydrogen (secondary N) is 2. The van der Waals surface area contributed by atoms with Gasteiger partial charge in [-0.05, 0) is 18.8 Å². The van der Waals surface area contributed by atoms with Gasteiger partial charge in [0, 0.05) is 12.0 Å². The quantitative estimate of drug-likeness (QED) is 0.766. The van der Waals surface area contributed by atoms with Gasteiger partial charge in [-0.1, -0.05) is 37.3 Å². The Bertz CT molecular complexity index is 382. The molecule has 0 radical (unpaired) electrons. The van der Waals surface area contributed by atoms with E-state index in [1.54, 1.807) is 4.90 Å². The standard InChI is InChI=1S/C17H26N2/c1-15-7-8-17(13-15)19-11-9-18(10-12-19)14-16-5-3-2-4-6-16/h2-6,15,17H,7-14H2,1H3/p+2/t15-,17-/m0/s1. The summed E-state index contributed by atoms with van der Waals surface area (Å²) in [5.41, 5.74) is 1.50. The number of rotatable bonds is 3. The molecule has 0 amide bonds. The van der Waals surface area contributed by atoms with E-state index < -0.39 is 0 Å². The molecule has 2 atom stereocenters. The maximum atomic E-state index is 2.43. The first-order valence-corrected chi connectivity index (χ1v) is 8.03. The Morgan fingerprint density at radius 3 is 2.37 bits per heavy atom. The van der Waals surface area contributed by atoms with Crippen LogP contribution in [0.5, 0.6) is 0 Å². The highest BCUT2D eigenvalue weighted by Gasteiger charge is 2.33. The van der Waals surface area contributed by atoms with Gasteiger partial charge < -0.3 is 9.80 Å². The van der Waals surface area contributed by atoms with Crippen LogP contribution in [0.2, 0.25) is 0 Å². The molecule has 2 aliphatic rings. The molecule has 3 rings (SSSR count). The average Bonchev–Trinajstić information content (AvgIpc) is 2.87. The van der Waals surface area contributed by atoms with Crippen molar-refractivity contribution in [3.8, 4) is 0 Å². The molecule has 0 aromatic heterocycles. The minimum Gasteiger partial charge on any atom is -0.323 e. The molecule has 1 saturated carbocycles. The Labute approximate surface area is 117 Å². The van der Waals surface area contributed by atoms with Crippen molar-refractivity contribution in [3.63, 3.8) is 0 Å². The van der Waals surface area contributed by atoms with Gasteiger partial charge in [0.1, 0.15) is 32.7 Å². The van der Waals surface area contributed by atoms with E-state index in [0.717, 1.165) is 12.0 Å². The molecular formula is C17H28N2+2. The van der Waals surface area contributed by atoms with Crippen molar-refractivity contribution < 1.29 is 9.80 Å². The Kier molecular flexibility index (Phi) is 4.19. The zero-order chi connectivity index (χ0) is 13.1. The number of hydrogen-bond acceptors (Lipinski definition) is 0. The van der Waals surface area contributed by atoms with E-state index in [1.165, 1.54) is 57.5 Å². The van der Waals surface area contributed by atoms with Crippen LogP contribution in [0.25, 0.3) is 0 Å². The van der Waals surface area contributed by atoms with Gasteiger partial charge in [0.15, 0.2) is 0 Å². The summed E-state index contributed by atoms with van der Waals surface area (Å²) in [5.74, 6) is 0.979. The van der Waals surface area contributed by atoms with Crippen LogP contribution in [0.1, 0.15) is 31.7 Å². The van der Waals surface area contributed by atoms with E-state index in [-0.39, 0.29) is 0 Å². The minimum absolute atomic E-state index is 0.979. The molecule has 2 nitrogen and oxygen atoms in total. The van der Waals surface area contributed by atoms with Crippen LogP contribution in [0.15, 0.2) is 30.3 Å². The molecule has 0 bridgehead atoms. The lowest BCUT2D eigenvalue weighted by atomic mass is 10.1. The molecule has 1 aromatic rings. The van der Waals surface area contributed by atoms with Gasteiger partial charge in [0.25, 0.3) is 0 Å². The topological polar surface area (TPSA) is 8.88 Å². The van der Waals surface area contributed by atoms with E-state index in [9.17, 15) is 0 Å². The van der Waals surface area contributed by atoms with Gasteiger partial charge in [-0.15, -0.1) is 0 Å². The van der Waals surface area contributed by atoms with E-state index >= 15 is 0 Å². The monoisotopic (exact) mass is 260 g/mol. The van der Waals surface area contributed by atoms with Crippen LogP contribution < -0.4 is 9.80 Å². The van der Waals surface area contributed by atoms with Crippen molar-refractivity contribution in [1.29, 1.82) is 0 Å².